The summed E-state index contributed by atoms with van der Waals surface area (Å²) in [4.78, 5) is 2.00. The molecule has 0 aliphatic heterocycles. The summed E-state index contributed by atoms with van der Waals surface area (Å²) < 4.78 is 5.08. The van der Waals surface area contributed by atoms with Gasteiger partial charge < -0.3 is 15.6 Å². The van der Waals surface area contributed by atoms with E-state index in [4.69, 9.17) is 22.1 Å². The van der Waals surface area contributed by atoms with Crippen LogP contribution in [0.5, 0.6) is 5.75 Å². The van der Waals surface area contributed by atoms with E-state index in [0.717, 1.165) is 5.56 Å². The predicted octanol–water partition coefficient (Wildman–Crippen LogP) is 1.10. The zero-order valence-electron chi connectivity index (χ0n) is 10.2. The molecule has 0 radical (unpaired) electrons. The molecule has 0 heterocycles. The molecule has 0 amide bonds. The lowest BCUT2D eigenvalue weighted by Crippen LogP contribution is -2.33. The van der Waals surface area contributed by atoms with Crippen molar-refractivity contribution in [1.82, 2.24) is 4.90 Å². The van der Waals surface area contributed by atoms with Crippen LogP contribution in [0.1, 0.15) is 5.56 Å². The number of rotatable bonds is 6. The molecular formula is C12H19ClN2O2. The van der Waals surface area contributed by atoms with Gasteiger partial charge >= 0.3 is 0 Å². The summed E-state index contributed by atoms with van der Waals surface area (Å²) >= 11 is 6.03. The highest BCUT2D eigenvalue weighted by Gasteiger charge is 2.08. The van der Waals surface area contributed by atoms with Crippen LogP contribution in [0.25, 0.3) is 0 Å². The van der Waals surface area contributed by atoms with Gasteiger partial charge in [-0.1, -0.05) is 17.7 Å². The number of aliphatic hydroxyl groups is 1. The molecular weight excluding hydrogens is 240 g/mol. The Morgan fingerprint density at radius 2 is 2.24 bits per heavy atom. The fourth-order valence-corrected chi connectivity index (χ4v) is 1.90. The molecule has 0 saturated heterocycles. The molecule has 0 spiro atoms. The second kappa shape index (κ2) is 6.81. The van der Waals surface area contributed by atoms with E-state index in [-0.39, 0.29) is 6.54 Å². The highest BCUT2D eigenvalue weighted by atomic mass is 35.5. The third-order valence-electron chi connectivity index (χ3n) is 2.46. The number of likely N-dealkylation sites (N-methyl/N-ethyl adjacent to an activating group) is 1. The molecule has 1 unspecified atom stereocenters. The zero-order valence-corrected chi connectivity index (χ0v) is 10.9. The SMILES string of the molecule is COc1ccc(CN(C)CC(O)CN)cc1Cl. The monoisotopic (exact) mass is 258 g/mol. The molecule has 1 rings (SSSR count). The Labute approximate surface area is 107 Å². The van der Waals surface area contributed by atoms with Gasteiger partial charge in [0.1, 0.15) is 5.75 Å². The number of benzene rings is 1. The first kappa shape index (κ1) is 14.3. The summed E-state index contributed by atoms with van der Waals surface area (Å²) in [6, 6.07) is 5.66. The van der Waals surface area contributed by atoms with Crippen LogP contribution in [0, 0.1) is 0 Å². The summed E-state index contributed by atoms with van der Waals surface area (Å²) in [6.07, 6.45) is -0.492. The minimum Gasteiger partial charge on any atom is -0.495 e. The molecule has 0 saturated carbocycles. The van der Waals surface area contributed by atoms with E-state index in [1.807, 2.05) is 30.1 Å². The molecule has 0 bridgehead atoms. The minimum absolute atomic E-state index is 0.272. The molecule has 1 atom stereocenters. The van der Waals surface area contributed by atoms with E-state index in [2.05, 4.69) is 0 Å². The fraction of sp³-hybridized carbons (Fsp3) is 0.500. The predicted molar refractivity (Wildman–Crippen MR) is 69.4 cm³/mol. The van der Waals surface area contributed by atoms with Crippen LogP contribution in [0.3, 0.4) is 0 Å². The van der Waals surface area contributed by atoms with Crippen molar-refractivity contribution in [3.8, 4) is 5.75 Å². The number of hydrogen-bond acceptors (Lipinski definition) is 4. The number of aliphatic hydroxyl groups excluding tert-OH is 1. The highest BCUT2D eigenvalue weighted by molar-refractivity contribution is 6.32. The van der Waals surface area contributed by atoms with Gasteiger partial charge in [0.25, 0.3) is 0 Å². The van der Waals surface area contributed by atoms with Gasteiger partial charge in [0.05, 0.1) is 18.2 Å². The maximum atomic E-state index is 9.43. The topological polar surface area (TPSA) is 58.7 Å². The smallest absolute Gasteiger partial charge is 0.137 e. The summed E-state index contributed by atoms with van der Waals surface area (Å²) in [7, 11) is 3.52. The summed E-state index contributed by atoms with van der Waals surface area (Å²) in [6.45, 7) is 1.52. The van der Waals surface area contributed by atoms with Crippen molar-refractivity contribution >= 4 is 11.6 Å². The van der Waals surface area contributed by atoms with Gasteiger partial charge in [-0.2, -0.15) is 0 Å². The molecule has 0 fully saturated rings. The lowest BCUT2D eigenvalue weighted by atomic mass is 10.2. The first-order chi connectivity index (χ1) is 8.06. The van der Waals surface area contributed by atoms with Gasteiger partial charge in [0.2, 0.25) is 0 Å². The number of nitrogens with zero attached hydrogens (tertiary/aromatic N) is 1. The van der Waals surface area contributed by atoms with Crippen LogP contribution >= 0.6 is 11.6 Å². The largest absolute Gasteiger partial charge is 0.495 e. The first-order valence-corrected chi connectivity index (χ1v) is 5.83. The Hall–Kier alpha value is -0.810. The van der Waals surface area contributed by atoms with Crippen molar-refractivity contribution in [1.29, 1.82) is 0 Å². The Bertz CT molecular complexity index is 360. The van der Waals surface area contributed by atoms with Crippen LogP contribution in [0.15, 0.2) is 18.2 Å². The Morgan fingerprint density at radius 1 is 1.53 bits per heavy atom. The maximum absolute atomic E-state index is 9.43. The van der Waals surface area contributed by atoms with Crippen molar-refractivity contribution in [3.05, 3.63) is 28.8 Å². The molecule has 0 aromatic heterocycles. The second-order valence-corrected chi connectivity index (χ2v) is 4.46. The Balaban J connectivity index is 2.59. The average molecular weight is 259 g/mol. The number of halogens is 1. The third-order valence-corrected chi connectivity index (χ3v) is 2.76. The fourth-order valence-electron chi connectivity index (χ4n) is 1.62. The van der Waals surface area contributed by atoms with E-state index in [1.165, 1.54) is 0 Å². The summed E-state index contributed by atoms with van der Waals surface area (Å²) in [5.74, 6) is 0.667. The van der Waals surface area contributed by atoms with Gasteiger partial charge in [0, 0.05) is 19.6 Å². The molecule has 3 N–H and O–H groups in total. The van der Waals surface area contributed by atoms with E-state index in [9.17, 15) is 5.11 Å². The molecule has 1 aromatic rings. The number of ether oxygens (including phenoxy) is 1. The van der Waals surface area contributed by atoms with Crippen LogP contribution in [0.4, 0.5) is 0 Å². The van der Waals surface area contributed by atoms with Gasteiger partial charge in [-0.3, -0.25) is 4.90 Å². The van der Waals surface area contributed by atoms with E-state index in [1.54, 1.807) is 7.11 Å². The van der Waals surface area contributed by atoms with Crippen molar-refractivity contribution < 1.29 is 9.84 Å². The number of nitrogens with two attached hydrogens (primary N) is 1. The van der Waals surface area contributed by atoms with Crippen molar-refractivity contribution in [3.63, 3.8) is 0 Å². The lowest BCUT2D eigenvalue weighted by Gasteiger charge is -2.19. The summed E-state index contributed by atoms with van der Waals surface area (Å²) in [5, 5.41) is 10.0. The van der Waals surface area contributed by atoms with Crippen LogP contribution in [0.2, 0.25) is 5.02 Å². The zero-order chi connectivity index (χ0) is 12.8. The van der Waals surface area contributed by atoms with Gasteiger partial charge in [0.15, 0.2) is 0 Å². The van der Waals surface area contributed by atoms with Crippen molar-refractivity contribution in [2.75, 3.05) is 27.2 Å². The molecule has 4 nitrogen and oxygen atoms in total. The third kappa shape index (κ3) is 4.52. The Kier molecular flexibility index (Phi) is 5.71. The molecule has 1 aromatic carbocycles. The van der Waals surface area contributed by atoms with Crippen LogP contribution in [-0.2, 0) is 6.54 Å². The molecule has 0 aliphatic carbocycles. The van der Waals surface area contributed by atoms with Crippen molar-refractivity contribution in [2.24, 2.45) is 5.73 Å². The summed E-state index contributed by atoms with van der Waals surface area (Å²) in [5.41, 5.74) is 6.43. The molecule has 96 valence electrons. The molecule has 0 aliphatic rings. The average Bonchev–Trinajstić information content (AvgIpc) is 2.29. The van der Waals surface area contributed by atoms with Gasteiger partial charge in [-0.25, -0.2) is 0 Å². The van der Waals surface area contributed by atoms with Crippen molar-refractivity contribution in [2.45, 2.75) is 12.6 Å². The standard InChI is InChI=1S/C12H19ClN2O2/c1-15(8-10(16)6-14)7-9-3-4-12(17-2)11(13)5-9/h3-5,10,16H,6-8,14H2,1-2H3. The molecule has 5 heteroatoms. The highest BCUT2D eigenvalue weighted by Crippen LogP contribution is 2.25. The number of hydrogen-bond donors (Lipinski definition) is 2. The van der Waals surface area contributed by atoms with E-state index < -0.39 is 6.10 Å². The quantitative estimate of drug-likeness (QED) is 0.802. The first-order valence-electron chi connectivity index (χ1n) is 5.46. The van der Waals surface area contributed by atoms with E-state index >= 15 is 0 Å². The van der Waals surface area contributed by atoms with Crippen LogP contribution in [-0.4, -0.2) is 43.4 Å². The number of methoxy groups -OCH3 is 1. The normalized spacial score (nSPS) is 12.8. The Morgan fingerprint density at radius 3 is 2.76 bits per heavy atom. The van der Waals surface area contributed by atoms with Gasteiger partial charge in [-0.15, -0.1) is 0 Å². The molecule has 17 heavy (non-hydrogen) atoms. The minimum atomic E-state index is -0.492. The van der Waals surface area contributed by atoms with E-state index in [0.29, 0.717) is 23.9 Å². The maximum Gasteiger partial charge on any atom is 0.137 e. The van der Waals surface area contributed by atoms with Gasteiger partial charge in [-0.05, 0) is 24.7 Å². The lowest BCUT2D eigenvalue weighted by molar-refractivity contribution is 0.129. The van der Waals surface area contributed by atoms with Crippen LogP contribution < -0.4 is 10.5 Å². The second-order valence-electron chi connectivity index (χ2n) is 4.06.